The lowest BCUT2D eigenvalue weighted by Gasteiger charge is -2.05. The Morgan fingerprint density at radius 2 is 1.95 bits per heavy atom. The third kappa shape index (κ3) is 2.14. The summed E-state index contributed by atoms with van der Waals surface area (Å²) in [7, 11) is 0. The van der Waals surface area contributed by atoms with Gasteiger partial charge in [0.1, 0.15) is 11.0 Å². The number of hydrogen-bond acceptors (Lipinski definition) is 3. The maximum atomic E-state index is 11.3. The molecule has 1 aromatic heterocycles. The highest BCUT2D eigenvalue weighted by Gasteiger charge is 2.14. The Balaban J connectivity index is 2.07. The van der Waals surface area contributed by atoms with E-state index in [9.17, 15) is 9.90 Å². The van der Waals surface area contributed by atoms with Crippen molar-refractivity contribution in [2.45, 2.75) is 13.5 Å². The van der Waals surface area contributed by atoms with Crippen LogP contribution in [-0.4, -0.2) is 26.1 Å². The van der Waals surface area contributed by atoms with E-state index in [4.69, 9.17) is 0 Å². The summed E-state index contributed by atoms with van der Waals surface area (Å²) in [5, 5.41) is 17.3. The molecule has 1 N–H and O–H groups in total. The van der Waals surface area contributed by atoms with Crippen LogP contribution in [0.25, 0.3) is 11.0 Å². The van der Waals surface area contributed by atoms with Crippen LogP contribution in [0.4, 0.5) is 0 Å². The van der Waals surface area contributed by atoms with Crippen LogP contribution >= 0.6 is 0 Å². The molecule has 0 amide bonds. The van der Waals surface area contributed by atoms with Gasteiger partial charge in [-0.3, -0.25) is 0 Å². The Hall–Kier alpha value is -2.69. The largest absolute Gasteiger partial charge is 0.478 e. The van der Waals surface area contributed by atoms with Crippen LogP contribution in [0.1, 0.15) is 21.5 Å². The molecular weight excluding hydrogens is 254 g/mol. The van der Waals surface area contributed by atoms with Crippen molar-refractivity contribution in [1.82, 2.24) is 15.0 Å². The first-order valence-electron chi connectivity index (χ1n) is 6.26. The van der Waals surface area contributed by atoms with E-state index in [0.29, 0.717) is 17.6 Å². The molecular formula is C15H13N3O2. The molecule has 0 aliphatic carbocycles. The molecule has 0 spiro atoms. The number of rotatable bonds is 3. The molecule has 3 aromatic rings. The van der Waals surface area contributed by atoms with E-state index in [1.165, 1.54) is 5.56 Å². The lowest BCUT2D eigenvalue weighted by molar-refractivity contribution is 0.0698. The number of fused-ring (bicyclic) bond motifs is 1. The summed E-state index contributed by atoms with van der Waals surface area (Å²) in [6.07, 6.45) is 0. The van der Waals surface area contributed by atoms with Gasteiger partial charge in [-0.05, 0) is 24.6 Å². The van der Waals surface area contributed by atoms with Gasteiger partial charge in [-0.25, -0.2) is 9.48 Å². The minimum Gasteiger partial charge on any atom is -0.478 e. The molecule has 20 heavy (non-hydrogen) atoms. The van der Waals surface area contributed by atoms with E-state index in [1.54, 1.807) is 22.9 Å². The van der Waals surface area contributed by atoms with Gasteiger partial charge < -0.3 is 5.11 Å². The normalized spacial score (nSPS) is 10.8. The van der Waals surface area contributed by atoms with E-state index in [0.717, 1.165) is 5.56 Å². The second-order valence-electron chi connectivity index (χ2n) is 4.71. The molecule has 1 heterocycles. The van der Waals surface area contributed by atoms with Crippen molar-refractivity contribution in [2.75, 3.05) is 0 Å². The van der Waals surface area contributed by atoms with Crippen LogP contribution in [0.15, 0.2) is 42.5 Å². The van der Waals surface area contributed by atoms with Gasteiger partial charge in [0.25, 0.3) is 0 Å². The molecule has 0 fully saturated rings. The number of hydrogen-bond donors (Lipinski definition) is 1. The highest BCUT2D eigenvalue weighted by Crippen LogP contribution is 2.18. The monoisotopic (exact) mass is 267 g/mol. The molecule has 0 aliphatic heterocycles. The maximum absolute atomic E-state index is 11.3. The molecule has 3 rings (SSSR count). The zero-order chi connectivity index (χ0) is 14.1. The number of benzene rings is 2. The fourth-order valence-corrected chi connectivity index (χ4v) is 2.18. The first kappa shape index (κ1) is 12.3. The molecule has 0 bridgehead atoms. The zero-order valence-electron chi connectivity index (χ0n) is 10.9. The minimum atomic E-state index is -0.969. The molecule has 5 heteroatoms. The number of aryl methyl sites for hydroxylation is 1. The average Bonchev–Trinajstić information content (AvgIpc) is 2.84. The third-order valence-electron chi connectivity index (χ3n) is 3.22. The van der Waals surface area contributed by atoms with Gasteiger partial charge in [0.15, 0.2) is 0 Å². The Morgan fingerprint density at radius 1 is 1.20 bits per heavy atom. The number of aromatic carboxylic acids is 1. The quantitative estimate of drug-likeness (QED) is 0.791. The lowest BCUT2D eigenvalue weighted by atomic mass is 10.1. The van der Waals surface area contributed by atoms with E-state index >= 15 is 0 Å². The lowest BCUT2D eigenvalue weighted by Crippen LogP contribution is -2.06. The molecule has 0 unspecified atom stereocenters. The van der Waals surface area contributed by atoms with Crippen LogP contribution in [0, 0.1) is 6.92 Å². The molecule has 0 aliphatic rings. The second kappa shape index (κ2) is 4.77. The van der Waals surface area contributed by atoms with Crippen molar-refractivity contribution in [3.05, 3.63) is 59.2 Å². The van der Waals surface area contributed by atoms with Gasteiger partial charge in [-0.15, -0.1) is 5.10 Å². The smallest absolute Gasteiger partial charge is 0.337 e. The summed E-state index contributed by atoms with van der Waals surface area (Å²) in [6.45, 7) is 2.53. The second-order valence-corrected chi connectivity index (χ2v) is 4.71. The highest BCUT2D eigenvalue weighted by molar-refractivity contribution is 6.00. The summed E-state index contributed by atoms with van der Waals surface area (Å²) in [4.78, 5) is 11.3. The number of aromatic nitrogens is 3. The van der Waals surface area contributed by atoms with Crippen LogP contribution in [0.3, 0.4) is 0 Å². The van der Waals surface area contributed by atoms with E-state index in [1.807, 2.05) is 31.2 Å². The summed E-state index contributed by atoms with van der Waals surface area (Å²) in [6, 6.07) is 13.1. The number of nitrogens with zero attached hydrogens (tertiary/aromatic N) is 3. The Bertz CT molecular complexity index is 775. The standard InChI is InChI=1S/C15H13N3O2/c1-10-5-7-11(8-6-10)9-18-14-12(15(19)20)3-2-4-13(14)16-17-18/h2-8H,9H2,1H3,(H,19,20). The topological polar surface area (TPSA) is 68.0 Å². The fraction of sp³-hybridized carbons (Fsp3) is 0.133. The van der Waals surface area contributed by atoms with Crippen molar-refractivity contribution in [2.24, 2.45) is 0 Å². The van der Waals surface area contributed by atoms with Crippen molar-refractivity contribution in [3.63, 3.8) is 0 Å². The molecule has 5 nitrogen and oxygen atoms in total. The van der Waals surface area contributed by atoms with Crippen LogP contribution < -0.4 is 0 Å². The van der Waals surface area contributed by atoms with Crippen molar-refractivity contribution >= 4 is 17.0 Å². The Labute approximate surface area is 115 Å². The SMILES string of the molecule is Cc1ccc(Cn2nnc3cccc(C(=O)O)c32)cc1. The molecule has 0 saturated heterocycles. The van der Waals surface area contributed by atoms with Crippen LogP contribution in [0.2, 0.25) is 0 Å². The van der Waals surface area contributed by atoms with Gasteiger partial charge in [0.2, 0.25) is 0 Å². The van der Waals surface area contributed by atoms with Gasteiger partial charge in [-0.2, -0.15) is 0 Å². The predicted octanol–water partition coefficient (Wildman–Crippen LogP) is 2.49. The summed E-state index contributed by atoms with van der Waals surface area (Å²) in [5.74, 6) is -0.969. The molecule has 0 saturated carbocycles. The third-order valence-corrected chi connectivity index (χ3v) is 3.22. The fourth-order valence-electron chi connectivity index (χ4n) is 2.18. The summed E-state index contributed by atoms with van der Waals surface area (Å²) >= 11 is 0. The van der Waals surface area contributed by atoms with E-state index in [-0.39, 0.29) is 5.56 Å². The first-order valence-corrected chi connectivity index (χ1v) is 6.26. The number of para-hydroxylation sites is 1. The van der Waals surface area contributed by atoms with E-state index in [2.05, 4.69) is 10.3 Å². The van der Waals surface area contributed by atoms with Crippen molar-refractivity contribution in [1.29, 1.82) is 0 Å². The average molecular weight is 267 g/mol. The van der Waals surface area contributed by atoms with Gasteiger partial charge in [-0.1, -0.05) is 41.1 Å². The van der Waals surface area contributed by atoms with Gasteiger partial charge in [0, 0.05) is 0 Å². The number of carboxylic acid groups (broad SMARTS) is 1. The summed E-state index contributed by atoms with van der Waals surface area (Å²) in [5.41, 5.74) is 3.61. The van der Waals surface area contributed by atoms with E-state index < -0.39 is 5.97 Å². The maximum Gasteiger partial charge on any atom is 0.337 e. The molecule has 100 valence electrons. The zero-order valence-corrected chi connectivity index (χ0v) is 10.9. The summed E-state index contributed by atoms with van der Waals surface area (Å²) < 4.78 is 1.63. The minimum absolute atomic E-state index is 0.222. The molecule has 2 aromatic carbocycles. The van der Waals surface area contributed by atoms with Crippen LogP contribution in [0.5, 0.6) is 0 Å². The predicted molar refractivity (Wildman–Crippen MR) is 74.8 cm³/mol. The highest BCUT2D eigenvalue weighted by atomic mass is 16.4. The molecule has 0 radical (unpaired) electrons. The van der Waals surface area contributed by atoms with Gasteiger partial charge in [0.05, 0.1) is 12.1 Å². The molecule has 0 atom stereocenters. The number of carbonyl (C=O) groups is 1. The Kier molecular flexibility index (Phi) is 2.95. The Morgan fingerprint density at radius 3 is 2.65 bits per heavy atom. The van der Waals surface area contributed by atoms with Gasteiger partial charge >= 0.3 is 5.97 Å². The number of carboxylic acids is 1. The van der Waals surface area contributed by atoms with Crippen molar-refractivity contribution in [3.8, 4) is 0 Å². The first-order chi connectivity index (χ1) is 9.65. The van der Waals surface area contributed by atoms with Crippen LogP contribution in [-0.2, 0) is 6.54 Å². The van der Waals surface area contributed by atoms with Crippen molar-refractivity contribution < 1.29 is 9.90 Å².